The van der Waals surface area contributed by atoms with Crippen LogP contribution in [0.25, 0.3) is 0 Å². The molecule has 0 bridgehead atoms. The normalized spacial score (nSPS) is 18.4. The summed E-state index contributed by atoms with van der Waals surface area (Å²) in [4.78, 5) is 26.8. The summed E-state index contributed by atoms with van der Waals surface area (Å²) in [6.07, 6.45) is 2.53. The molecule has 0 atom stereocenters. The summed E-state index contributed by atoms with van der Waals surface area (Å²) in [5.74, 6) is 0.190. The highest BCUT2D eigenvalue weighted by Gasteiger charge is 2.53. The van der Waals surface area contributed by atoms with Crippen LogP contribution in [0.1, 0.15) is 29.7 Å². The van der Waals surface area contributed by atoms with E-state index in [9.17, 15) is 9.59 Å². The lowest BCUT2D eigenvalue weighted by molar-refractivity contribution is -0.135. The van der Waals surface area contributed by atoms with E-state index in [1.165, 1.54) is 4.68 Å². The molecule has 1 aliphatic carbocycles. The molecular weight excluding hydrogens is 290 g/mol. The molecule has 118 valence electrons. The quantitative estimate of drug-likeness (QED) is 0.842. The van der Waals surface area contributed by atoms with Crippen molar-refractivity contribution >= 4 is 5.91 Å². The van der Waals surface area contributed by atoms with Crippen LogP contribution in [-0.4, -0.2) is 27.1 Å². The molecule has 2 heterocycles. The SMILES string of the molecule is Cn1nc2c(cc1=O)CN(C(=O)C1(c3ccccc3)CC1)CC2. The van der Waals surface area contributed by atoms with Gasteiger partial charge in [-0.15, -0.1) is 0 Å². The number of rotatable bonds is 2. The molecule has 2 aromatic rings. The predicted octanol–water partition coefficient (Wildman–Crippen LogP) is 1.40. The number of nitrogens with zero attached hydrogens (tertiary/aromatic N) is 3. The van der Waals surface area contributed by atoms with Crippen molar-refractivity contribution in [2.24, 2.45) is 7.05 Å². The Hall–Kier alpha value is -2.43. The first-order valence-electron chi connectivity index (χ1n) is 8.01. The van der Waals surface area contributed by atoms with Crippen LogP contribution in [0, 0.1) is 0 Å². The summed E-state index contributed by atoms with van der Waals surface area (Å²) >= 11 is 0. The van der Waals surface area contributed by atoms with Gasteiger partial charge in [-0.05, 0) is 18.4 Å². The number of hydrogen-bond donors (Lipinski definition) is 0. The van der Waals surface area contributed by atoms with Crippen LogP contribution in [0.3, 0.4) is 0 Å². The number of benzene rings is 1. The third kappa shape index (κ3) is 2.27. The standard InChI is InChI=1S/C18H19N3O2/c1-20-16(22)11-13-12-21(10-7-15(13)19-20)17(23)18(8-9-18)14-5-3-2-4-6-14/h2-6,11H,7-10,12H2,1H3. The minimum absolute atomic E-state index is 0.123. The topological polar surface area (TPSA) is 55.2 Å². The number of hydrogen-bond acceptors (Lipinski definition) is 3. The third-order valence-electron chi connectivity index (χ3n) is 5.01. The number of aryl methyl sites for hydroxylation is 1. The molecule has 0 unspecified atom stereocenters. The second-order valence-corrected chi connectivity index (χ2v) is 6.50. The number of aromatic nitrogens is 2. The number of carbonyl (C=O) groups excluding carboxylic acids is 1. The molecule has 1 amide bonds. The zero-order chi connectivity index (χ0) is 16.0. The third-order valence-corrected chi connectivity index (χ3v) is 5.01. The Bertz CT molecular complexity index is 822. The first-order valence-corrected chi connectivity index (χ1v) is 8.01. The second-order valence-electron chi connectivity index (χ2n) is 6.50. The molecule has 0 radical (unpaired) electrons. The molecule has 0 spiro atoms. The van der Waals surface area contributed by atoms with E-state index in [4.69, 9.17) is 0 Å². The summed E-state index contributed by atoms with van der Waals surface area (Å²) in [7, 11) is 1.66. The van der Waals surface area contributed by atoms with E-state index in [1.807, 2.05) is 35.2 Å². The summed E-state index contributed by atoms with van der Waals surface area (Å²) in [6, 6.07) is 11.6. The Morgan fingerprint density at radius 1 is 1.22 bits per heavy atom. The maximum atomic E-state index is 13.1. The Labute approximate surface area is 134 Å². The van der Waals surface area contributed by atoms with Gasteiger partial charge in [0.15, 0.2) is 0 Å². The summed E-state index contributed by atoms with van der Waals surface area (Å²) < 4.78 is 1.36. The van der Waals surface area contributed by atoms with Gasteiger partial charge in [0.2, 0.25) is 5.91 Å². The molecule has 1 saturated carbocycles. The summed E-state index contributed by atoms with van der Waals surface area (Å²) in [5, 5.41) is 4.31. The molecule has 4 rings (SSSR count). The molecular formula is C18H19N3O2. The highest BCUT2D eigenvalue weighted by atomic mass is 16.2. The Kier molecular flexibility index (Phi) is 3.11. The van der Waals surface area contributed by atoms with Gasteiger partial charge >= 0.3 is 0 Å². The molecule has 23 heavy (non-hydrogen) atoms. The van der Waals surface area contributed by atoms with Gasteiger partial charge in [-0.2, -0.15) is 5.10 Å². The lowest BCUT2D eigenvalue weighted by Gasteiger charge is -2.31. The fourth-order valence-electron chi connectivity index (χ4n) is 3.48. The van der Waals surface area contributed by atoms with Gasteiger partial charge < -0.3 is 4.90 Å². The van der Waals surface area contributed by atoms with Crippen molar-refractivity contribution in [2.75, 3.05) is 6.54 Å². The van der Waals surface area contributed by atoms with Gasteiger partial charge in [-0.1, -0.05) is 30.3 Å². The van der Waals surface area contributed by atoms with Gasteiger partial charge in [-0.25, -0.2) is 4.68 Å². The van der Waals surface area contributed by atoms with Crippen LogP contribution in [0.5, 0.6) is 0 Å². The highest BCUT2D eigenvalue weighted by Crippen LogP contribution is 2.49. The highest BCUT2D eigenvalue weighted by molar-refractivity contribution is 5.91. The lowest BCUT2D eigenvalue weighted by Crippen LogP contribution is -2.43. The molecule has 0 saturated heterocycles. The average Bonchev–Trinajstić information content (AvgIpc) is 3.37. The van der Waals surface area contributed by atoms with Crippen LogP contribution in [0.2, 0.25) is 0 Å². The lowest BCUT2D eigenvalue weighted by atomic mass is 9.93. The minimum Gasteiger partial charge on any atom is -0.337 e. The van der Waals surface area contributed by atoms with Crippen molar-refractivity contribution in [2.45, 2.75) is 31.2 Å². The summed E-state index contributed by atoms with van der Waals surface area (Å²) in [6.45, 7) is 1.16. The first kappa shape index (κ1) is 14.2. The van der Waals surface area contributed by atoms with E-state index in [0.29, 0.717) is 19.5 Å². The van der Waals surface area contributed by atoms with E-state index in [0.717, 1.165) is 29.7 Å². The van der Waals surface area contributed by atoms with Crippen molar-refractivity contribution in [1.82, 2.24) is 14.7 Å². The Balaban J connectivity index is 1.61. The van der Waals surface area contributed by atoms with E-state index < -0.39 is 0 Å². The maximum absolute atomic E-state index is 13.1. The zero-order valence-electron chi connectivity index (χ0n) is 13.2. The van der Waals surface area contributed by atoms with E-state index in [-0.39, 0.29) is 16.9 Å². The van der Waals surface area contributed by atoms with Crippen molar-refractivity contribution in [3.63, 3.8) is 0 Å². The maximum Gasteiger partial charge on any atom is 0.266 e. The fourth-order valence-corrected chi connectivity index (χ4v) is 3.48. The van der Waals surface area contributed by atoms with Gasteiger partial charge in [0.25, 0.3) is 5.56 Å². The Morgan fingerprint density at radius 3 is 2.65 bits per heavy atom. The molecule has 1 aromatic heterocycles. The van der Waals surface area contributed by atoms with Crippen LogP contribution in [0.4, 0.5) is 0 Å². The van der Waals surface area contributed by atoms with Gasteiger partial charge in [0.1, 0.15) is 0 Å². The number of amides is 1. The van der Waals surface area contributed by atoms with Gasteiger partial charge in [0.05, 0.1) is 11.1 Å². The van der Waals surface area contributed by atoms with E-state index in [2.05, 4.69) is 5.10 Å². The largest absolute Gasteiger partial charge is 0.337 e. The molecule has 2 aliphatic rings. The van der Waals surface area contributed by atoms with Crippen molar-refractivity contribution in [3.8, 4) is 0 Å². The Morgan fingerprint density at radius 2 is 1.96 bits per heavy atom. The van der Waals surface area contributed by atoms with Gasteiger partial charge in [0, 0.05) is 38.2 Å². The van der Waals surface area contributed by atoms with Crippen LogP contribution < -0.4 is 5.56 Å². The van der Waals surface area contributed by atoms with Crippen molar-refractivity contribution in [3.05, 3.63) is 63.6 Å². The predicted molar refractivity (Wildman–Crippen MR) is 86.0 cm³/mol. The summed E-state index contributed by atoms with van der Waals surface area (Å²) in [5.41, 5.74) is 2.46. The van der Waals surface area contributed by atoms with Crippen LogP contribution >= 0.6 is 0 Å². The number of carbonyl (C=O) groups is 1. The van der Waals surface area contributed by atoms with E-state index in [1.54, 1.807) is 13.1 Å². The van der Waals surface area contributed by atoms with Crippen molar-refractivity contribution < 1.29 is 4.79 Å². The zero-order valence-corrected chi connectivity index (χ0v) is 13.2. The molecule has 5 nitrogen and oxygen atoms in total. The average molecular weight is 309 g/mol. The smallest absolute Gasteiger partial charge is 0.266 e. The second kappa shape index (κ2) is 5.05. The van der Waals surface area contributed by atoms with Crippen LogP contribution in [-0.2, 0) is 30.2 Å². The molecule has 1 aromatic carbocycles. The first-order chi connectivity index (χ1) is 11.1. The van der Waals surface area contributed by atoms with E-state index >= 15 is 0 Å². The number of fused-ring (bicyclic) bond motifs is 1. The molecule has 0 N–H and O–H groups in total. The molecule has 1 aliphatic heterocycles. The molecule has 1 fully saturated rings. The molecule has 5 heteroatoms. The minimum atomic E-state index is -0.341. The van der Waals surface area contributed by atoms with Gasteiger partial charge in [-0.3, -0.25) is 9.59 Å². The van der Waals surface area contributed by atoms with Crippen LogP contribution in [0.15, 0.2) is 41.2 Å². The fraction of sp³-hybridized carbons (Fsp3) is 0.389. The monoisotopic (exact) mass is 309 g/mol. The van der Waals surface area contributed by atoms with Crippen molar-refractivity contribution in [1.29, 1.82) is 0 Å².